The minimum absolute atomic E-state index is 0.0162. The molecule has 2 N–H and O–H groups in total. The summed E-state index contributed by atoms with van der Waals surface area (Å²) in [5, 5.41) is 19.2. The minimum Gasteiger partial charge on any atom is -0.508 e. The number of hydrogen-bond donors (Lipinski definition) is 2. The van der Waals surface area contributed by atoms with E-state index in [4.69, 9.17) is 0 Å². The van der Waals surface area contributed by atoms with E-state index in [0.29, 0.717) is 13.0 Å². The number of amides is 1. The molecule has 1 heterocycles. The average molecular weight is 315 g/mol. The predicted molar refractivity (Wildman–Crippen MR) is 83.9 cm³/mol. The molecule has 3 rings (SSSR count). The molecule has 1 fully saturated rings. The van der Waals surface area contributed by atoms with E-state index in [1.54, 1.807) is 11.0 Å². The molecule has 0 radical (unpaired) electrons. The maximum Gasteiger partial charge on any atom is 0.257 e. The number of phenolic OH excluding ortho intramolecular Hbond substituents is 2. The van der Waals surface area contributed by atoms with Crippen molar-refractivity contribution in [1.29, 1.82) is 0 Å². The van der Waals surface area contributed by atoms with E-state index in [1.165, 1.54) is 24.3 Å². The van der Waals surface area contributed by atoms with Crippen molar-refractivity contribution in [3.05, 3.63) is 59.4 Å². The Morgan fingerprint density at radius 1 is 1.22 bits per heavy atom. The molecule has 0 aromatic heterocycles. The number of rotatable bonds is 3. The summed E-state index contributed by atoms with van der Waals surface area (Å²) in [5.74, 6) is -0.862. The summed E-state index contributed by atoms with van der Waals surface area (Å²) in [6, 6.07) is 10.3. The number of nitrogens with zero attached hydrogens (tertiary/aromatic N) is 1. The molecule has 1 saturated heterocycles. The SMILES string of the molecule is O=C(c1ccc(O)cc1O)N1CCCC1Cc1cccc(F)c1. The molecular weight excluding hydrogens is 297 g/mol. The van der Waals surface area contributed by atoms with Gasteiger partial charge in [0.1, 0.15) is 17.3 Å². The highest BCUT2D eigenvalue weighted by molar-refractivity contribution is 5.97. The number of hydrogen-bond acceptors (Lipinski definition) is 3. The molecule has 0 aliphatic carbocycles. The number of halogens is 1. The predicted octanol–water partition coefficient (Wildman–Crippen LogP) is 3.08. The fourth-order valence-corrected chi connectivity index (χ4v) is 3.11. The zero-order valence-electron chi connectivity index (χ0n) is 12.6. The van der Waals surface area contributed by atoms with Gasteiger partial charge >= 0.3 is 0 Å². The van der Waals surface area contributed by atoms with Crippen molar-refractivity contribution >= 4 is 5.91 Å². The zero-order chi connectivity index (χ0) is 16.4. The minimum atomic E-state index is -0.283. The lowest BCUT2D eigenvalue weighted by Gasteiger charge is -2.25. The highest BCUT2D eigenvalue weighted by atomic mass is 19.1. The second-order valence-corrected chi connectivity index (χ2v) is 5.83. The fourth-order valence-electron chi connectivity index (χ4n) is 3.11. The fraction of sp³-hybridized carbons (Fsp3) is 0.278. The standard InChI is InChI=1S/C18H18FNO3/c19-13-4-1-3-12(9-13)10-14-5-2-8-20(14)18(23)16-7-6-15(21)11-17(16)22/h1,3-4,6-7,9,11,14,21-22H,2,5,8,10H2. The molecule has 23 heavy (non-hydrogen) atoms. The van der Waals surface area contributed by atoms with Gasteiger partial charge in [0.05, 0.1) is 5.56 Å². The number of benzene rings is 2. The molecule has 2 aromatic carbocycles. The topological polar surface area (TPSA) is 60.8 Å². The molecular formula is C18H18FNO3. The monoisotopic (exact) mass is 315 g/mol. The van der Waals surface area contributed by atoms with E-state index < -0.39 is 0 Å². The van der Waals surface area contributed by atoms with E-state index in [9.17, 15) is 19.4 Å². The number of carbonyl (C=O) groups excluding carboxylic acids is 1. The summed E-state index contributed by atoms with van der Waals surface area (Å²) in [6.45, 7) is 0.610. The Hall–Kier alpha value is -2.56. The lowest BCUT2D eigenvalue weighted by atomic mass is 10.0. The van der Waals surface area contributed by atoms with Crippen LogP contribution in [0.25, 0.3) is 0 Å². The van der Waals surface area contributed by atoms with E-state index in [2.05, 4.69) is 0 Å². The van der Waals surface area contributed by atoms with Gasteiger partial charge < -0.3 is 15.1 Å². The molecule has 4 nitrogen and oxygen atoms in total. The first-order valence-electron chi connectivity index (χ1n) is 7.62. The lowest BCUT2D eigenvalue weighted by molar-refractivity contribution is 0.0733. The zero-order valence-corrected chi connectivity index (χ0v) is 12.6. The first-order chi connectivity index (χ1) is 11.0. The van der Waals surface area contributed by atoms with Crippen LogP contribution in [0.5, 0.6) is 11.5 Å². The van der Waals surface area contributed by atoms with Crippen molar-refractivity contribution in [1.82, 2.24) is 4.90 Å². The second kappa shape index (κ2) is 6.28. The maximum absolute atomic E-state index is 13.3. The van der Waals surface area contributed by atoms with E-state index in [-0.39, 0.29) is 34.8 Å². The largest absolute Gasteiger partial charge is 0.508 e. The smallest absolute Gasteiger partial charge is 0.257 e. The Morgan fingerprint density at radius 3 is 2.78 bits per heavy atom. The molecule has 1 amide bonds. The summed E-state index contributed by atoms with van der Waals surface area (Å²) in [4.78, 5) is 14.4. The maximum atomic E-state index is 13.3. The molecule has 1 aliphatic rings. The van der Waals surface area contributed by atoms with Crippen molar-refractivity contribution in [3.8, 4) is 11.5 Å². The Morgan fingerprint density at radius 2 is 2.04 bits per heavy atom. The number of likely N-dealkylation sites (tertiary alicyclic amines) is 1. The van der Waals surface area contributed by atoms with E-state index in [0.717, 1.165) is 24.5 Å². The van der Waals surface area contributed by atoms with Gasteiger partial charge in [0, 0.05) is 18.7 Å². The van der Waals surface area contributed by atoms with Gasteiger partial charge in [-0.1, -0.05) is 12.1 Å². The van der Waals surface area contributed by atoms with Crippen LogP contribution in [0.3, 0.4) is 0 Å². The second-order valence-electron chi connectivity index (χ2n) is 5.83. The van der Waals surface area contributed by atoms with Crippen LogP contribution in [0, 0.1) is 5.82 Å². The van der Waals surface area contributed by atoms with Crippen molar-refractivity contribution in [3.63, 3.8) is 0 Å². The number of phenols is 2. The summed E-state index contributed by atoms with van der Waals surface area (Å²) < 4.78 is 13.3. The van der Waals surface area contributed by atoms with Crippen LogP contribution in [0.1, 0.15) is 28.8 Å². The van der Waals surface area contributed by atoms with Gasteiger partial charge in [-0.25, -0.2) is 4.39 Å². The van der Waals surface area contributed by atoms with E-state index in [1.807, 2.05) is 6.07 Å². The van der Waals surface area contributed by atoms with Crippen LogP contribution in [0.15, 0.2) is 42.5 Å². The van der Waals surface area contributed by atoms with Crippen LogP contribution >= 0.6 is 0 Å². The van der Waals surface area contributed by atoms with Crippen LogP contribution in [-0.2, 0) is 6.42 Å². The van der Waals surface area contributed by atoms with Gasteiger partial charge in [-0.15, -0.1) is 0 Å². The third-order valence-electron chi connectivity index (χ3n) is 4.21. The molecule has 0 bridgehead atoms. The first kappa shape index (κ1) is 15.3. The van der Waals surface area contributed by atoms with Gasteiger partial charge in [0.25, 0.3) is 5.91 Å². The van der Waals surface area contributed by atoms with Crippen LogP contribution < -0.4 is 0 Å². The van der Waals surface area contributed by atoms with Gasteiger partial charge in [-0.2, -0.15) is 0 Å². The molecule has 0 saturated carbocycles. The van der Waals surface area contributed by atoms with Gasteiger partial charge in [-0.05, 0) is 49.1 Å². The van der Waals surface area contributed by atoms with Crippen LogP contribution in [0.2, 0.25) is 0 Å². The lowest BCUT2D eigenvalue weighted by Crippen LogP contribution is -2.36. The molecule has 120 valence electrons. The van der Waals surface area contributed by atoms with Gasteiger partial charge in [-0.3, -0.25) is 4.79 Å². The van der Waals surface area contributed by atoms with E-state index >= 15 is 0 Å². The normalized spacial score (nSPS) is 17.4. The molecule has 5 heteroatoms. The Bertz CT molecular complexity index is 732. The summed E-state index contributed by atoms with van der Waals surface area (Å²) in [6.07, 6.45) is 2.31. The van der Waals surface area contributed by atoms with Gasteiger partial charge in [0.15, 0.2) is 0 Å². The molecule has 2 aromatic rings. The molecule has 0 spiro atoms. The highest BCUT2D eigenvalue weighted by Crippen LogP contribution is 2.28. The van der Waals surface area contributed by atoms with Crippen molar-refractivity contribution in [2.75, 3.05) is 6.54 Å². The highest BCUT2D eigenvalue weighted by Gasteiger charge is 2.30. The van der Waals surface area contributed by atoms with Crippen LogP contribution in [-0.4, -0.2) is 33.6 Å². The molecule has 1 atom stereocenters. The van der Waals surface area contributed by atoms with Crippen molar-refractivity contribution in [2.45, 2.75) is 25.3 Å². The summed E-state index contributed by atoms with van der Waals surface area (Å²) in [7, 11) is 0. The third kappa shape index (κ3) is 3.28. The Balaban J connectivity index is 1.79. The average Bonchev–Trinajstić information content (AvgIpc) is 2.95. The van der Waals surface area contributed by atoms with Crippen molar-refractivity contribution < 1.29 is 19.4 Å². The van der Waals surface area contributed by atoms with Gasteiger partial charge in [0.2, 0.25) is 0 Å². The molecule has 1 aliphatic heterocycles. The Labute approximate surface area is 133 Å². The number of aromatic hydroxyl groups is 2. The van der Waals surface area contributed by atoms with Crippen molar-refractivity contribution in [2.24, 2.45) is 0 Å². The van der Waals surface area contributed by atoms with Crippen LogP contribution in [0.4, 0.5) is 4.39 Å². The number of carbonyl (C=O) groups is 1. The Kier molecular flexibility index (Phi) is 4.19. The summed E-state index contributed by atoms with van der Waals surface area (Å²) in [5.41, 5.74) is 1.03. The third-order valence-corrected chi connectivity index (χ3v) is 4.21. The molecule has 1 unspecified atom stereocenters. The summed E-state index contributed by atoms with van der Waals surface area (Å²) >= 11 is 0. The quantitative estimate of drug-likeness (QED) is 0.915. The first-order valence-corrected chi connectivity index (χ1v) is 7.62.